The van der Waals surface area contributed by atoms with Gasteiger partial charge in [0.05, 0.1) is 0 Å². The van der Waals surface area contributed by atoms with Gasteiger partial charge in [0.1, 0.15) is 11.5 Å². The van der Waals surface area contributed by atoms with Gasteiger partial charge in [0, 0.05) is 25.8 Å². The zero-order valence-electron chi connectivity index (χ0n) is 13.5. The number of benzene rings is 1. The van der Waals surface area contributed by atoms with Crippen molar-refractivity contribution in [3.63, 3.8) is 0 Å². The monoisotopic (exact) mass is 302 g/mol. The summed E-state index contributed by atoms with van der Waals surface area (Å²) in [7, 11) is 1.90. The van der Waals surface area contributed by atoms with Gasteiger partial charge in [-0.2, -0.15) is 0 Å². The number of aryl methyl sites for hydroxylation is 1. The second-order valence-electron chi connectivity index (χ2n) is 5.63. The fraction of sp³-hybridized carbons (Fsp3) is 0.389. The van der Waals surface area contributed by atoms with Gasteiger partial charge in [0.15, 0.2) is 0 Å². The molecule has 22 heavy (non-hydrogen) atoms. The van der Waals surface area contributed by atoms with Gasteiger partial charge in [0.25, 0.3) is 5.91 Å². The molecule has 0 atom stereocenters. The maximum Gasteiger partial charge on any atom is 0.270 e. The van der Waals surface area contributed by atoms with Crippen molar-refractivity contribution in [2.24, 2.45) is 7.05 Å². The van der Waals surface area contributed by atoms with Crippen LogP contribution >= 0.6 is 0 Å². The van der Waals surface area contributed by atoms with E-state index in [1.165, 1.54) is 12.1 Å². The Morgan fingerprint density at radius 1 is 1.18 bits per heavy atom. The van der Waals surface area contributed by atoms with E-state index in [0.717, 1.165) is 24.1 Å². The highest BCUT2D eigenvalue weighted by Crippen LogP contribution is 2.14. The van der Waals surface area contributed by atoms with Crippen LogP contribution < -0.4 is 0 Å². The van der Waals surface area contributed by atoms with Gasteiger partial charge in [0.2, 0.25) is 0 Å². The molecule has 0 aliphatic carbocycles. The lowest BCUT2D eigenvalue weighted by Gasteiger charge is -2.23. The summed E-state index contributed by atoms with van der Waals surface area (Å²) in [5.74, 6) is -0.235. The molecule has 1 amide bonds. The number of carbonyl (C=O) groups is 1. The van der Waals surface area contributed by atoms with E-state index in [1.807, 2.05) is 35.6 Å². The molecule has 1 aromatic heterocycles. The Labute approximate surface area is 131 Å². The van der Waals surface area contributed by atoms with E-state index in [9.17, 15) is 9.18 Å². The van der Waals surface area contributed by atoms with Crippen LogP contribution in [0.25, 0.3) is 0 Å². The Morgan fingerprint density at radius 3 is 2.41 bits per heavy atom. The summed E-state index contributed by atoms with van der Waals surface area (Å²) in [5, 5.41) is 0. The number of hydrogen-bond acceptors (Lipinski definition) is 1. The first kappa shape index (κ1) is 16.3. The van der Waals surface area contributed by atoms with Crippen LogP contribution in [0, 0.1) is 12.7 Å². The summed E-state index contributed by atoms with van der Waals surface area (Å²) in [4.78, 5) is 14.6. The number of unbranched alkanes of at least 4 members (excludes halogenated alkanes) is 1. The van der Waals surface area contributed by atoms with Crippen molar-refractivity contribution < 1.29 is 9.18 Å². The largest absolute Gasteiger partial charge is 0.344 e. The SMILES string of the molecule is CCCCN(Cc1ccc(F)cc1)C(=O)c1ccc(C)n1C. The molecular weight excluding hydrogens is 279 g/mol. The van der Waals surface area contributed by atoms with Gasteiger partial charge in [-0.25, -0.2) is 4.39 Å². The number of aromatic nitrogens is 1. The average molecular weight is 302 g/mol. The summed E-state index contributed by atoms with van der Waals surface area (Å²) >= 11 is 0. The third kappa shape index (κ3) is 3.75. The van der Waals surface area contributed by atoms with Crippen LogP contribution in [0.2, 0.25) is 0 Å². The molecule has 118 valence electrons. The van der Waals surface area contributed by atoms with Crippen LogP contribution in [0.3, 0.4) is 0 Å². The molecule has 3 nitrogen and oxygen atoms in total. The first-order valence-electron chi connectivity index (χ1n) is 7.69. The Morgan fingerprint density at radius 2 is 1.86 bits per heavy atom. The number of hydrogen-bond donors (Lipinski definition) is 0. The van der Waals surface area contributed by atoms with E-state index in [4.69, 9.17) is 0 Å². The molecule has 0 aliphatic heterocycles. The highest BCUT2D eigenvalue weighted by Gasteiger charge is 2.19. The van der Waals surface area contributed by atoms with Crippen molar-refractivity contribution in [3.8, 4) is 0 Å². The van der Waals surface area contributed by atoms with Crippen molar-refractivity contribution in [1.29, 1.82) is 0 Å². The molecule has 0 saturated carbocycles. The number of rotatable bonds is 6. The lowest BCUT2D eigenvalue weighted by atomic mass is 10.2. The second kappa shape index (κ2) is 7.25. The van der Waals surface area contributed by atoms with Gasteiger partial charge in [-0.1, -0.05) is 25.5 Å². The normalized spacial score (nSPS) is 10.7. The summed E-state index contributed by atoms with van der Waals surface area (Å²) in [5.41, 5.74) is 2.69. The van der Waals surface area contributed by atoms with Crippen molar-refractivity contribution in [2.45, 2.75) is 33.2 Å². The number of carbonyl (C=O) groups excluding carboxylic acids is 1. The molecule has 1 heterocycles. The second-order valence-corrected chi connectivity index (χ2v) is 5.63. The van der Waals surface area contributed by atoms with Gasteiger partial charge in [-0.3, -0.25) is 4.79 Å². The van der Waals surface area contributed by atoms with Crippen molar-refractivity contribution in [1.82, 2.24) is 9.47 Å². The van der Waals surface area contributed by atoms with Gasteiger partial charge in [-0.05, 0) is 43.2 Å². The predicted molar refractivity (Wildman–Crippen MR) is 86.2 cm³/mol. The van der Waals surface area contributed by atoms with Crippen molar-refractivity contribution >= 4 is 5.91 Å². The minimum absolute atomic E-state index is 0.0216. The fourth-order valence-corrected chi connectivity index (χ4v) is 2.40. The summed E-state index contributed by atoms with van der Waals surface area (Å²) in [6.45, 7) is 5.29. The molecule has 0 radical (unpaired) electrons. The zero-order chi connectivity index (χ0) is 16.1. The Kier molecular flexibility index (Phi) is 5.36. The minimum atomic E-state index is -0.256. The van der Waals surface area contributed by atoms with Crippen LogP contribution in [-0.2, 0) is 13.6 Å². The molecule has 1 aromatic carbocycles. The maximum atomic E-state index is 13.0. The van der Waals surface area contributed by atoms with Crippen LogP contribution in [0.4, 0.5) is 4.39 Å². The molecule has 0 saturated heterocycles. The Balaban J connectivity index is 2.19. The van der Waals surface area contributed by atoms with Gasteiger partial charge < -0.3 is 9.47 Å². The van der Waals surface area contributed by atoms with E-state index in [2.05, 4.69) is 6.92 Å². The number of amides is 1. The molecule has 0 aliphatic rings. The van der Waals surface area contributed by atoms with Gasteiger partial charge >= 0.3 is 0 Å². The molecule has 0 N–H and O–H groups in total. The highest BCUT2D eigenvalue weighted by atomic mass is 19.1. The lowest BCUT2D eigenvalue weighted by Crippen LogP contribution is -2.32. The summed E-state index contributed by atoms with van der Waals surface area (Å²) in [6, 6.07) is 10.1. The van der Waals surface area contributed by atoms with Crippen molar-refractivity contribution in [3.05, 3.63) is 59.2 Å². The summed E-state index contributed by atoms with van der Waals surface area (Å²) in [6.07, 6.45) is 1.98. The fourth-order valence-electron chi connectivity index (χ4n) is 2.40. The topological polar surface area (TPSA) is 25.2 Å². The van der Waals surface area contributed by atoms with Crippen LogP contribution in [0.1, 0.15) is 41.5 Å². The Hall–Kier alpha value is -2.10. The molecule has 2 aromatic rings. The van der Waals surface area contributed by atoms with E-state index >= 15 is 0 Å². The van der Waals surface area contributed by atoms with Crippen LogP contribution in [0.5, 0.6) is 0 Å². The smallest absolute Gasteiger partial charge is 0.270 e. The third-order valence-electron chi connectivity index (χ3n) is 3.95. The predicted octanol–water partition coefficient (Wildman–Crippen LogP) is 3.92. The first-order valence-corrected chi connectivity index (χ1v) is 7.69. The quantitative estimate of drug-likeness (QED) is 0.794. The summed E-state index contributed by atoms with van der Waals surface area (Å²) < 4.78 is 14.9. The standard InChI is InChI=1S/C18H23FN2O/c1-4-5-12-21(13-15-7-9-16(19)10-8-15)18(22)17-11-6-14(2)20(17)3/h6-11H,4-5,12-13H2,1-3H3. The molecule has 4 heteroatoms. The van der Waals surface area contributed by atoms with Crippen molar-refractivity contribution in [2.75, 3.05) is 6.54 Å². The van der Waals surface area contributed by atoms with E-state index < -0.39 is 0 Å². The average Bonchev–Trinajstić information content (AvgIpc) is 2.84. The van der Waals surface area contributed by atoms with E-state index in [0.29, 0.717) is 18.8 Å². The molecule has 0 bridgehead atoms. The molecular formula is C18H23FN2O. The molecule has 0 fully saturated rings. The van der Waals surface area contributed by atoms with Gasteiger partial charge in [-0.15, -0.1) is 0 Å². The van der Waals surface area contributed by atoms with E-state index in [-0.39, 0.29) is 11.7 Å². The van der Waals surface area contributed by atoms with Crippen LogP contribution in [-0.4, -0.2) is 21.9 Å². The van der Waals surface area contributed by atoms with E-state index in [1.54, 1.807) is 12.1 Å². The molecule has 0 unspecified atom stereocenters. The zero-order valence-corrected chi connectivity index (χ0v) is 13.5. The van der Waals surface area contributed by atoms with Crippen LogP contribution in [0.15, 0.2) is 36.4 Å². The third-order valence-corrected chi connectivity index (χ3v) is 3.95. The molecule has 2 rings (SSSR count). The number of halogens is 1. The first-order chi connectivity index (χ1) is 10.5. The maximum absolute atomic E-state index is 13.0. The molecule has 0 spiro atoms. The highest BCUT2D eigenvalue weighted by molar-refractivity contribution is 5.92. The minimum Gasteiger partial charge on any atom is -0.344 e. The Bertz CT molecular complexity index is 631. The lowest BCUT2D eigenvalue weighted by molar-refractivity contribution is 0.0731. The number of nitrogens with zero attached hydrogens (tertiary/aromatic N) is 2.